The van der Waals surface area contributed by atoms with Gasteiger partial charge in [-0.15, -0.1) is 0 Å². The Bertz CT molecular complexity index is 894. The van der Waals surface area contributed by atoms with Gasteiger partial charge >= 0.3 is 0 Å². The summed E-state index contributed by atoms with van der Waals surface area (Å²) in [7, 11) is 0. The second kappa shape index (κ2) is 12.0. The van der Waals surface area contributed by atoms with E-state index in [1.165, 1.54) is 16.0 Å². The number of hydrogen-bond acceptors (Lipinski definition) is 4. The molecule has 1 heterocycles. The molecule has 162 valence electrons. The fourth-order valence-corrected chi connectivity index (χ4v) is 5.68. The molecule has 0 saturated carbocycles. The molecule has 0 spiro atoms. The first-order valence-corrected chi connectivity index (χ1v) is 12.7. The van der Waals surface area contributed by atoms with Crippen molar-refractivity contribution in [1.29, 1.82) is 0 Å². The smallest absolute Gasteiger partial charge is 0.120 e. The second-order valence-corrected chi connectivity index (χ2v) is 10.3. The molecule has 0 radical (unpaired) electrons. The second-order valence-electron chi connectivity index (χ2n) is 7.56. The molecule has 0 aliphatic carbocycles. The molecule has 4 atom stereocenters. The van der Waals surface area contributed by atoms with Crippen molar-refractivity contribution in [2.45, 2.75) is 46.1 Å². The van der Waals surface area contributed by atoms with E-state index in [0.29, 0.717) is 23.7 Å². The Balaban J connectivity index is 1.39. The standard InChI is InChI=1S/C26H27IO3S/c27-23-16-24(29-18-21-12-6-2-7-13-21)25(19-28-17-20-10-4-1-5-11-20)30-26(23)31-22-14-8-3-9-15-22/h1-15,23-26H,16-19H2/t23?,24-,25+,26?/m0/s1. The first-order chi connectivity index (χ1) is 15.3. The molecule has 4 rings (SSSR count). The van der Waals surface area contributed by atoms with Gasteiger partial charge in [0.25, 0.3) is 0 Å². The minimum Gasteiger partial charge on any atom is -0.374 e. The van der Waals surface area contributed by atoms with E-state index in [0.717, 1.165) is 6.42 Å². The SMILES string of the molecule is IC1C[C@H](OCc2ccccc2)[C@@H](COCc2ccccc2)OC1Sc1ccccc1. The van der Waals surface area contributed by atoms with Gasteiger partial charge in [0.15, 0.2) is 0 Å². The van der Waals surface area contributed by atoms with Crippen molar-refractivity contribution >= 4 is 34.4 Å². The van der Waals surface area contributed by atoms with Gasteiger partial charge in [-0.1, -0.05) is 113 Å². The highest BCUT2D eigenvalue weighted by atomic mass is 127. The summed E-state index contributed by atoms with van der Waals surface area (Å²) in [5, 5.41) is 0. The Hall–Kier alpha value is -1.38. The molecule has 3 nitrogen and oxygen atoms in total. The van der Waals surface area contributed by atoms with E-state index in [-0.39, 0.29) is 17.6 Å². The molecule has 0 amide bonds. The molecule has 3 aromatic rings. The molecule has 2 unspecified atom stereocenters. The van der Waals surface area contributed by atoms with E-state index < -0.39 is 0 Å². The number of halogens is 1. The van der Waals surface area contributed by atoms with Gasteiger partial charge in [-0.25, -0.2) is 0 Å². The third kappa shape index (κ3) is 7.05. The number of hydrogen-bond donors (Lipinski definition) is 0. The van der Waals surface area contributed by atoms with Crippen molar-refractivity contribution in [3.8, 4) is 0 Å². The number of alkyl halides is 1. The monoisotopic (exact) mass is 546 g/mol. The summed E-state index contributed by atoms with van der Waals surface area (Å²) in [6.07, 6.45) is 0.849. The Morgan fingerprint density at radius 3 is 2.03 bits per heavy atom. The van der Waals surface area contributed by atoms with Gasteiger partial charge in [0.05, 0.1) is 25.9 Å². The molecule has 5 heteroatoms. The van der Waals surface area contributed by atoms with Crippen molar-refractivity contribution in [3.05, 3.63) is 102 Å². The molecular formula is C26H27IO3S. The fourth-order valence-electron chi connectivity index (χ4n) is 3.53. The van der Waals surface area contributed by atoms with Crippen LogP contribution in [0, 0.1) is 0 Å². The quantitative estimate of drug-likeness (QED) is 0.226. The van der Waals surface area contributed by atoms with Crippen molar-refractivity contribution in [2.75, 3.05) is 6.61 Å². The van der Waals surface area contributed by atoms with Crippen LogP contribution in [-0.4, -0.2) is 28.2 Å². The largest absolute Gasteiger partial charge is 0.374 e. The summed E-state index contributed by atoms with van der Waals surface area (Å²) < 4.78 is 19.3. The summed E-state index contributed by atoms with van der Waals surface area (Å²) in [4.78, 5) is 1.22. The Morgan fingerprint density at radius 2 is 1.39 bits per heavy atom. The molecule has 1 fully saturated rings. The molecule has 1 saturated heterocycles. The minimum atomic E-state index is -0.0975. The number of benzene rings is 3. The van der Waals surface area contributed by atoms with Crippen LogP contribution in [0.3, 0.4) is 0 Å². The van der Waals surface area contributed by atoms with Crippen molar-refractivity contribution in [3.63, 3.8) is 0 Å². The Morgan fingerprint density at radius 1 is 0.806 bits per heavy atom. The Kier molecular flexibility index (Phi) is 8.84. The summed E-state index contributed by atoms with van der Waals surface area (Å²) in [5.74, 6) is 0. The van der Waals surface area contributed by atoms with E-state index in [4.69, 9.17) is 14.2 Å². The number of ether oxygens (including phenoxy) is 3. The van der Waals surface area contributed by atoms with Crippen LogP contribution < -0.4 is 0 Å². The zero-order valence-corrected chi connectivity index (χ0v) is 20.3. The van der Waals surface area contributed by atoms with Gasteiger partial charge in [-0.05, 0) is 29.7 Å². The maximum atomic E-state index is 6.55. The first kappa shape index (κ1) is 22.8. The highest BCUT2D eigenvalue weighted by Crippen LogP contribution is 2.38. The average Bonchev–Trinajstić information content (AvgIpc) is 2.82. The predicted octanol–water partition coefficient (Wildman–Crippen LogP) is 6.50. The molecular weight excluding hydrogens is 519 g/mol. The van der Waals surface area contributed by atoms with E-state index >= 15 is 0 Å². The third-order valence-corrected chi connectivity index (χ3v) is 8.04. The van der Waals surface area contributed by atoms with Crippen LogP contribution in [0.25, 0.3) is 0 Å². The first-order valence-electron chi connectivity index (χ1n) is 10.6. The van der Waals surface area contributed by atoms with Gasteiger partial charge in [0, 0.05) is 8.82 Å². The summed E-state index contributed by atoms with van der Waals surface area (Å²) >= 11 is 4.29. The zero-order valence-electron chi connectivity index (χ0n) is 17.3. The normalized spacial score (nSPS) is 23.5. The predicted molar refractivity (Wildman–Crippen MR) is 135 cm³/mol. The van der Waals surface area contributed by atoms with Gasteiger partial charge in [-0.2, -0.15) is 0 Å². The van der Waals surface area contributed by atoms with Crippen LogP contribution in [0.4, 0.5) is 0 Å². The lowest BCUT2D eigenvalue weighted by atomic mass is 10.1. The van der Waals surface area contributed by atoms with Crippen LogP contribution in [-0.2, 0) is 27.4 Å². The van der Waals surface area contributed by atoms with E-state index in [9.17, 15) is 0 Å². The molecule has 1 aliphatic rings. The maximum Gasteiger partial charge on any atom is 0.120 e. The van der Waals surface area contributed by atoms with Crippen LogP contribution in [0.15, 0.2) is 95.9 Å². The van der Waals surface area contributed by atoms with E-state index in [2.05, 4.69) is 71.1 Å². The highest BCUT2D eigenvalue weighted by molar-refractivity contribution is 14.1. The third-order valence-electron chi connectivity index (χ3n) is 5.17. The molecule has 0 bridgehead atoms. The molecule has 0 aromatic heterocycles. The molecule has 31 heavy (non-hydrogen) atoms. The average molecular weight is 546 g/mol. The van der Waals surface area contributed by atoms with Gasteiger partial charge < -0.3 is 14.2 Å². The fraction of sp³-hybridized carbons (Fsp3) is 0.308. The van der Waals surface area contributed by atoms with Gasteiger partial charge in [0.1, 0.15) is 11.5 Å². The van der Waals surface area contributed by atoms with Crippen molar-refractivity contribution < 1.29 is 14.2 Å². The highest BCUT2D eigenvalue weighted by Gasteiger charge is 2.38. The van der Waals surface area contributed by atoms with E-state index in [1.807, 2.05) is 42.5 Å². The lowest BCUT2D eigenvalue weighted by Crippen LogP contribution is -2.47. The Labute approximate surface area is 202 Å². The topological polar surface area (TPSA) is 27.7 Å². The van der Waals surface area contributed by atoms with Crippen molar-refractivity contribution in [1.82, 2.24) is 0 Å². The van der Waals surface area contributed by atoms with E-state index in [1.54, 1.807) is 11.8 Å². The van der Waals surface area contributed by atoms with Gasteiger partial charge in [-0.3, -0.25) is 0 Å². The molecule has 1 aliphatic heterocycles. The number of thioether (sulfide) groups is 1. The lowest BCUT2D eigenvalue weighted by molar-refractivity contribution is -0.141. The maximum absolute atomic E-state index is 6.55. The summed E-state index contributed by atoms with van der Waals surface area (Å²) in [6, 6.07) is 31.0. The molecule has 0 N–H and O–H groups in total. The minimum absolute atomic E-state index is 0.00510. The molecule has 3 aromatic carbocycles. The zero-order chi connectivity index (χ0) is 21.3. The lowest BCUT2D eigenvalue weighted by Gasteiger charge is -2.39. The van der Waals surface area contributed by atoms with Crippen LogP contribution in [0.2, 0.25) is 0 Å². The van der Waals surface area contributed by atoms with Crippen LogP contribution >= 0.6 is 34.4 Å². The van der Waals surface area contributed by atoms with Gasteiger partial charge in [0.2, 0.25) is 0 Å². The summed E-state index contributed by atoms with van der Waals surface area (Å²) in [5.41, 5.74) is 2.42. The van der Waals surface area contributed by atoms with Crippen LogP contribution in [0.5, 0.6) is 0 Å². The number of rotatable bonds is 9. The van der Waals surface area contributed by atoms with Crippen molar-refractivity contribution in [2.24, 2.45) is 0 Å². The summed E-state index contributed by atoms with van der Waals surface area (Å²) in [6.45, 7) is 1.68. The van der Waals surface area contributed by atoms with Crippen LogP contribution in [0.1, 0.15) is 17.5 Å².